The van der Waals surface area contributed by atoms with E-state index in [0.717, 1.165) is 12.3 Å². The van der Waals surface area contributed by atoms with Crippen molar-refractivity contribution in [2.75, 3.05) is 0 Å². The lowest BCUT2D eigenvalue weighted by Gasteiger charge is -2.14. The van der Waals surface area contributed by atoms with E-state index in [2.05, 4.69) is 20.8 Å². The maximum absolute atomic E-state index is 4.23. The van der Waals surface area contributed by atoms with Crippen LogP contribution in [0.4, 0.5) is 0 Å². The predicted octanol–water partition coefficient (Wildman–Crippen LogP) is 14.3. The van der Waals surface area contributed by atoms with Gasteiger partial charge in [0.1, 0.15) is 0 Å². The molecule has 0 N–H and O–H groups in total. The van der Waals surface area contributed by atoms with E-state index in [1.165, 1.54) is 205 Å². The topological polar surface area (TPSA) is 0 Å². The first-order valence-corrected chi connectivity index (χ1v) is 18.1. The molecule has 0 fully saturated rings. The summed E-state index contributed by atoms with van der Waals surface area (Å²) in [5.41, 5.74) is 0. The SMILES string of the molecule is [CH2]CC(CCCCCCCCC)CCCCCCCCCCCCCCCCCCCCCCCCC. The summed E-state index contributed by atoms with van der Waals surface area (Å²) in [5.74, 6) is 0.908. The fraction of sp³-hybridized carbons (Fsp3) is 0.973. The predicted molar refractivity (Wildman–Crippen MR) is 173 cm³/mol. The van der Waals surface area contributed by atoms with Crippen LogP contribution in [-0.2, 0) is 0 Å². The first-order valence-electron chi connectivity index (χ1n) is 18.1. The Morgan fingerprint density at radius 3 is 0.676 bits per heavy atom. The minimum atomic E-state index is 0.908. The van der Waals surface area contributed by atoms with E-state index in [1.807, 2.05) is 0 Å². The zero-order valence-corrected chi connectivity index (χ0v) is 26.6. The molecule has 0 amide bonds. The lowest BCUT2D eigenvalue weighted by Crippen LogP contribution is -1.99. The van der Waals surface area contributed by atoms with Gasteiger partial charge in [-0.1, -0.05) is 233 Å². The van der Waals surface area contributed by atoms with E-state index in [-0.39, 0.29) is 0 Å². The van der Waals surface area contributed by atoms with Gasteiger partial charge in [0.05, 0.1) is 0 Å². The summed E-state index contributed by atoms with van der Waals surface area (Å²) >= 11 is 0. The van der Waals surface area contributed by atoms with Gasteiger partial charge < -0.3 is 0 Å². The fourth-order valence-corrected chi connectivity index (χ4v) is 6.04. The van der Waals surface area contributed by atoms with Gasteiger partial charge in [0.25, 0.3) is 0 Å². The van der Waals surface area contributed by atoms with Crippen molar-refractivity contribution in [1.29, 1.82) is 0 Å². The lowest BCUT2D eigenvalue weighted by atomic mass is 9.92. The molecule has 0 aromatic carbocycles. The van der Waals surface area contributed by atoms with Crippen molar-refractivity contribution < 1.29 is 0 Å². The van der Waals surface area contributed by atoms with Gasteiger partial charge in [-0.25, -0.2) is 0 Å². The molecule has 223 valence electrons. The van der Waals surface area contributed by atoms with Crippen LogP contribution >= 0.6 is 0 Å². The van der Waals surface area contributed by atoms with Gasteiger partial charge in [0.2, 0.25) is 0 Å². The van der Waals surface area contributed by atoms with Gasteiger partial charge in [0, 0.05) is 0 Å². The zero-order valence-electron chi connectivity index (χ0n) is 26.6. The Labute approximate surface area is 238 Å². The maximum atomic E-state index is 4.23. The standard InChI is InChI=1S/C37H75/c1-4-7-9-11-13-14-15-16-17-18-19-20-21-22-23-24-25-26-27-28-30-32-34-36-37(6-3)35-33-31-29-12-10-8-5-2/h37H,3-36H2,1-2H3. The largest absolute Gasteiger partial charge is 0.0654 e. The lowest BCUT2D eigenvalue weighted by molar-refractivity contribution is 0.404. The molecule has 0 aromatic rings. The average molecular weight is 520 g/mol. The highest BCUT2D eigenvalue weighted by atomic mass is 14.1. The number of hydrogen-bond acceptors (Lipinski definition) is 0. The second kappa shape index (κ2) is 34.0. The highest BCUT2D eigenvalue weighted by Gasteiger charge is 2.06. The normalized spacial score (nSPS) is 12.4. The van der Waals surface area contributed by atoms with Gasteiger partial charge in [-0.05, 0) is 5.92 Å². The fourth-order valence-electron chi connectivity index (χ4n) is 6.04. The van der Waals surface area contributed by atoms with Gasteiger partial charge in [0.15, 0.2) is 0 Å². The summed E-state index contributed by atoms with van der Waals surface area (Å²) in [6, 6.07) is 0. The van der Waals surface area contributed by atoms with Gasteiger partial charge in [-0.15, -0.1) is 0 Å². The highest BCUT2D eigenvalue weighted by molar-refractivity contribution is 4.62. The van der Waals surface area contributed by atoms with Crippen molar-refractivity contribution in [1.82, 2.24) is 0 Å². The molecular weight excluding hydrogens is 444 g/mol. The third-order valence-electron chi connectivity index (χ3n) is 8.84. The smallest absolute Gasteiger partial charge is 0.0414 e. The number of hydrogen-bond donors (Lipinski definition) is 0. The molecule has 1 unspecified atom stereocenters. The molecule has 1 atom stereocenters. The Bertz CT molecular complexity index is 372. The minimum absolute atomic E-state index is 0.908. The molecule has 0 aliphatic rings. The van der Waals surface area contributed by atoms with Crippen molar-refractivity contribution in [3.63, 3.8) is 0 Å². The van der Waals surface area contributed by atoms with Crippen LogP contribution in [0.3, 0.4) is 0 Å². The molecule has 0 aliphatic heterocycles. The Balaban J connectivity index is 3.18. The molecule has 0 nitrogen and oxygen atoms in total. The second-order valence-corrected chi connectivity index (χ2v) is 12.6. The third kappa shape index (κ3) is 32.1. The Morgan fingerprint density at radius 2 is 0.486 bits per heavy atom. The molecule has 0 saturated carbocycles. The molecule has 0 aromatic heterocycles. The van der Waals surface area contributed by atoms with Crippen LogP contribution in [-0.4, -0.2) is 0 Å². The first kappa shape index (κ1) is 37.0. The second-order valence-electron chi connectivity index (χ2n) is 12.6. The van der Waals surface area contributed by atoms with Crippen molar-refractivity contribution in [3.8, 4) is 0 Å². The average Bonchev–Trinajstić information content (AvgIpc) is 2.91. The molecular formula is C37H75. The molecule has 0 heteroatoms. The van der Waals surface area contributed by atoms with Crippen LogP contribution in [0, 0.1) is 12.8 Å². The molecule has 0 rings (SSSR count). The van der Waals surface area contributed by atoms with Crippen LogP contribution in [0.5, 0.6) is 0 Å². The van der Waals surface area contributed by atoms with Crippen molar-refractivity contribution in [3.05, 3.63) is 6.92 Å². The van der Waals surface area contributed by atoms with Crippen LogP contribution in [0.2, 0.25) is 0 Å². The quantitative estimate of drug-likeness (QED) is 0.0756. The highest BCUT2D eigenvalue weighted by Crippen LogP contribution is 2.22. The van der Waals surface area contributed by atoms with E-state index < -0.39 is 0 Å². The third-order valence-corrected chi connectivity index (χ3v) is 8.84. The van der Waals surface area contributed by atoms with Crippen LogP contribution in [0.25, 0.3) is 0 Å². The monoisotopic (exact) mass is 520 g/mol. The van der Waals surface area contributed by atoms with Gasteiger partial charge in [-0.2, -0.15) is 0 Å². The summed E-state index contributed by atoms with van der Waals surface area (Å²) < 4.78 is 0. The summed E-state index contributed by atoms with van der Waals surface area (Å²) in [6.07, 6.45) is 48.1. The van der Waals surface area contributed by atoms with Crippen molar-refractivity contribution in [2.24, 2.45) is 5.92 Å². The van der Waals surface area contributed by atoms with E-state index >= 15 is 0 Å². The molecule has 0 aliphatic carbocycles. The van der Waals surface area contributed by atoms with Gasteiger partial charge in [-0.3, -0.25) is 0 Å². The van der Waals surface area contributed by atoms with Crippen molar-refractivity contribution in [2.45, 2.75) is 226 Å². The number of rotatable bonds is 33. The maximum Gasteiger partial charge on any atom is -0.0414 e. The summed E-state index contributed by atoms with van der Waals surface area (Å²) in [4.78, 5) is 0. The Morgan fingerprint density at radius 1 is 0.297 bits per heavy atom. The Kier molecular flexibility index (Phi) is 34.0. The van der Waals surface area contributed by atoms with Crippen molar-refractivity contribution >= 4 is 0 Å². The molecule has 37 heavy (non-hydrogen) atoms. The number of unbranched alkanes of at least 4 members (excludes halogenated alkanes) is 28. The van der Waals surface area contributed by atoms with E-state index in [9.17, 15) is 0 Å². The van der Waals surface area contributed by atoms with Gasteiger partial charge >= 0.3 is 0 Å². The van der Waals surface area contributed by atoms with E-state index in [0.29, 0.717) is 0 Å². The van der Waals surface area contributed by atoms with E-state index in [4.69, 9.17) is 0 Å². The zero-order chi connectivity index (χ0) is 26.9. The van der Waals surface area contributed by atoms with E-state index in [1.54, 1.807) is 0 Å². The molecule has 1 radical (unpaired) electrons. The Hall–Kier alpha value is 0. The molecule has 0 spiro atoms. The molecule has 0 bridgehead atoms. The first-order chi connectivity index (χ1) is 18.3. The summed E-state index contributed by atoms with van der Waals surface area (Å²) in [5, 5.41) is 0. The van der Waals surface area contributed by atoms with Crippen LogP contribution < -0.4 is 0 Å². The summed E-state index contributed by atoms with van der Waals surface area (Å²) in [6.45, 7) is 8.85. The summed E-state index contributed by atoms with van der Waals surface area (Å²) in [7, 11) is 0. The van der Waals surface area contributed by atoms with Crippen LogP contribution in [0.1, 0.15) is 226 Å². The van der Waals surface area contributed by atoms with Crippen LogP contribution in [0.15, 0.2) is 0 Å². The molecule has 0 saturated heterocycles. The molecule has 0 heterocycles. The minimum Gasteiger partial charge on any atom is -0.0654 e.